The van der Waals surface area contributed by atoms with Crippen LogP contribution in [-0.2, 0) is 28.7 Å². The average Bonchev–Trinajstić information content (AvgIpc) is 3.65. The Morgan fingerprint density at radius 1 is 1.04 bits per heavy atom. The van der Waals surface area contributed by atoms with E-state index in [4.69, 9.17) is 9.47 Å². The molecule has 0 aliphatic carbocycles. The maximum absolute atomic E-state index is 14.8. The molecule has 1 spiro atoms. The molecule has 47 heavy (non-hydrogen) atoms. The number of allylic oxidation sites excluding steroid dienone is 1. The Balaban J connectivity index is 1.61. The van der Waals surface area contributed by atoms with Crippen LogP contribution in [0.5, 0.6) is 0 Å². The van der Waals surface area contributed by atoms with Gasteiger partial charge in [-0.05, 0) is 57.6 Å². The molecule has 1 unspecified atom stereocenters. The Kier molecular flexibility index (Phi) is 11.3. The number of unbranched alkanes of at least 4 members (excludes halogenated alkanes) is 2. The molecule has 1 aromatic rings. The fraction of sp³-hybridized carbons (Fsp3) is 0.611. The summed E-state index contributed by atoms with van der Waals surface area (Å²) in [6, 6.07) is 7.73. The minimum absolute atomic E-state index is 0.0493. The van der Waals surface area contributed by atoms with Gasteiger partial charge in [-0.3, -0.25) is 19.2 Å². The van der Waals surface area contributed by atoms with E-state index in [1.165, 1.54) is 0 Å². The zero-order valence-electron chi connectivity index (χ0n) is 27.8. The monoisotopic (exact) mass is 713 g/mol. The highest BCUT2D eigenvalue weighted by Gasteiger charge is 2.75. The maximum Gasteiger partial charge on any atom is 0.313 e. The number of hydrogen-bond acceptors (Lipinski definition) is 7. The number of likely N-dealkylation sites (tertiary alicyclic amines) is 1. The van der Waals surface area contributed by atoms with Gasteiger partial charge in [-0.2, -0.15) is 0 Å². The van der Waals surface area contributed by atoms with Crippen LogP contribution in [0.3, 0.4) is 0 Å². The summed E-state index contributed by atoms with van der Waals surface area (Å²) in [4.78, 5) is 62.1. The molecule has 0 aromatic heterocycles. The van der Waals surface area contributed by atoms with Gasteiger partial charge < -0.3 is 29.3 Å². The Morgan fingerprint density at radius 2 is 1.79 bits per heavy atom. The number of amides is 3. The van der Waals surface area contributed by atoms with Crippen LogP contribution < -0.4 is 0 Å². The number of benzene rings is 1. The van der Waals surface area contributed by atoms with Gasteiger partial charge in [0.25, 0.3) is 0 Å². The van der Waals surface area contributed by atoms with Crippen LogP contribution in [-0.4, -0.2) is 100 Å². The first-order chi connectivity index (χ1) is 22.6. The summed E-state index contributed by atoms with van der Waals surface area (Å²) in [5.41, 5.74) is -0.614. The molecule has 4 aliphatic heterocycles. The van der Waals surface area contributed by atoms with Gasteiger partial charge in [-0.1, -0.05) is 71.8 Å². The molecule has 8 atom stereocenters. The number of rotatable bonds is 9. The molecule has 10 nitrogen and oxygen atoms in total. The third-order valence-corrected chi connectivity index (χ3v) is 11.0. The number of aliphatic hydroxyl groups excluding tert-OH is 1. The number of hydrogen-bond donors (Lipinski definition) is 1. The third-order valence-electron chi connectivity index (χ3n) is 10.3. The van der Waals surface area contributed by atoms with E-state index in [-0.39, 0.29) is 36.8 Å². The standard InChI is InChI=1S/C36H48BrN3O7/c1-5-15-23(2)39-19-12-7-11-18-27(42)38(4)24(3)30(25-16-9-6-10-17-25)46-35(45)28-29-33(43)40(20-13-8-14-21-41)32(34(39)44)36(29)22-26(37)31(28)47-36/h6-7,9-10,12,16-17,22-24,28-32,41H,5,8,11,13-15,18-21H2,1-4H3/b12-7-/t23?,24-,28+,29-,30+,31+,32+,36-/m0/s1. The fourth-order valence-electron chi connectivity index (χ4n) is 7.71. The number of likely N-dealkylation sites (N-methyl/N-ethyl adjacent to an activating group) is 1. The van der Waals surface area contributed by atoms with E-state index < -0.39 is 47.7 Å². The fourth-order valence-corrected chi connectivity index (χ4v) is 8.44. The normalized spacial score (nSPS) is 32.8. The van der Waals surface area contributed by atoms with Crippen LogP contribution in [0.1, 0.15) is 77.4 Å². The zero-order valence-corrected chi connectivity index (χ0v) is 29.4. The summed E-state index contributed by atoms with van der Waals surface area (Å²) in [6.45, 7) is 6.61. The van der Waals surface area contributed by atoms with Crippen LogP contribution in [0.4, 0.5) is 0 Å². The number of fused-ring (bicyclic) bond motifs is 2. The first-order valence-corrected chi connectivity index (χ1v) is 17.8. The second kappa shape index (κ2) is 15.0. The Bertz CT molecular complexity index is 1390. The molecular weight excluding hydrogens is 666 g/mol. The van der Waals surface area contributed by atoms with Crippen molar-refractivity contribution < 1.29 is 33.8 Å². The highest BCUT2D eigenvalue weighted by molar-refractivity contribution is 9.11. The predicted molar refractivity (Wildman–Crippen MR) is 180 cm³/mol. The molecule has 0 radical (unpaired) electrons. The lowest BCUT2D eigenvalue weighted by molar-refractivity contribution is -0.164. The molecule has 1 aromatic carbocycles. The van der Waals surface area contributed by atoms with Gasteiger partial charge >= 0.3 is 5.97 Å². The SMILES string of the molecule is CCCC(C)N1C/C=C\CCC(=O)N(C)[C@@H](C)[C@H](c2ccccc2)OC(=O)[C@H]2[C@@H]3O[C@@]4(C=C3Br)[C@@H]2C(=O)N(CCCCCO)[C@@H]4C1=O. The molecule has 4 heterocycles. The smallest absolute Gasteiger partial charge is 0.313 e. The topological polar surface area (TPSA) is 117 Å². The highest BCUT2D eigenvalue weighted by Crippen LogP contribution is 2.59. The number of carbonyl (C=O) groups is 4. The van der Waals surface area contributed by atoms with Crippen molar-refractivity contribution in [3.05, 3.63) is 58.6 Å². The molecule has 5 bridgehead atoms. The van der Waals surface area contributed by atoms with E-state index in [2.05, 4.69) is 22.9 Å². The van der Waals surface area contributed by atoms with Crippen molar-refractivity contribution in [1.82, 2.24) is 14.7 Å². The average molecular weight is 715 g/mol. The summed E-state index contributed by atoms with van der Waals surface area (Å²) < 4.78 is 13.6. The van der Waals surface area contributed by atoms with Crippen LogP contribution in [0.15, 0.2) is 53.0 Å². The second-order valence-corrected chi connectivity index (χ2v) is 14.2. The molecule has 256 valence electrons. The number of carbonyl (C=O) groups excluding carboxylic acids is 4. The summed E-state index contributed by atoms with van der Waals surface area (Å²) in [7, 11) is 1.72. The highest BCUT2D eigenvalue weighted by atomic mass is 79.9. The third kappa shape index (κ3) is 6.68. The first-order valence-electron chi connectivity index (χ1n) is 17.0. The minimum atomic E-state index is -1.35. The Morgan fingerprint density at radius 3 is 2.49 bits per heavy atom. The number of halogens is 1. The summed E-state index contributed by atoms with van der Waals surface area (Å²) in [5.74, 6) is -3.16. The summed E-state index contributed by atoms with van der Waals surface area (Å²) >= 11 is 3.63. The second-order valence-electron chi connectivity index (χ2n) is 13.3. The lowest BCUT2D eigenvalue weighted by Crippen LogP contribution is -2.57. The van der Waals surface area contributed by atoms with Crippen molar-refractivity contribution in [2.24, 2.45) is 11.8 Å². The van der Waals surface area contributed by atoms with Crippen LogP contribution in [0, 0.1) is 11.8 Å². The molecule has 5 rings (SSSR count). The molecule has 3 amide bonds. The number of nitrogens with zero attached hydrogens (tertiary/aromatic N) is 3. The van der Waals surface area contributed by atoms with Gasteiger partial charge in [0.1, 0.15) is 29.8 Å². The van der Waals surface area contributed by atoms with Crippen molar-refractivity contribution in [1.29, 1.82) is 0 Å². The Labute approximate surface area is 286 Å². The maximum atomic E-state index is 14.8. The van der Waals surface area contributed by atoms with Gasteiger partial charge in [-0.25, -0.2) is 0 Å². The quantitative estimate of drug-likeness (QED) is 0.227. The minimum Gasteiger partial charge on any atom is -0.455 e. The first kappa shape index (κ1) is 35.3. The van der Waals surface area contributed by atoms with Gasteiger partial charge in [0.15, 0.2) is 0 Å². The number of aliphatic hydroxyl groups is 1. The van der Waals surface area contributed by atoms with Gasteiger partial charge in [-0.15, -0.1) is 0 Å². The van der Waals surface area contributed by atoms with Gasteiger partial charge in [0, 0.05) is 43.7 Å². The van der Waals surface area contributed by atoms with Crippen molar-refractivity contribution in [3.8, 4) is 0 Å². The van der Waals surface area contributed by atoms with Crippen molar-refractivity contribution in [3.63, 3.8) is 0 Å². The summed E-state index contributed by atoms with van der Waals surface area (Å²) in [5, 5.41) is 9.37. The molecule has 2 saturated heterocycles. The molecular formula is C36H48BrN3O7. The van der Waals surface area contributed by atoms with Crippen LogP contribution in [0.2, 0.25) is 0 Å². The van der Waals surface area contributed by atoms with E-state index in [9.17, 15) is 24.3 Å². The molecule has 0 saturated carbocycles. The number of esters is 1. The van der Waals surface area contributed by atoms with Gasteiger partial charge in [0.2, 0.25) is 17.7 Å². The predicted octanol–water partition coefficient (Wildman–Crippen LogP) is 4.52. The molecule has 2 fully saturated rings. The largest absolute Gasteiger partial charge is 0.455 e. The molecule has 1 N–H and O–H groups in total. The lowest BCUT2D eigenvalue weighted by Gasteiger charge is -2.38. The van der Waals surface area contributed by atoms with Crippen LogP contribution in [0.25, 0.3) is 0 Å². The Hall–Kier alpha value is -3.02. The molecule has 11 heteroatoms. The van der Waals surface area contributed by atoms with E-state index in [0.717, 1.165) is 18.4 Å². The van der Waals surface area contributed by atoms with Crippen molar-refractivity contribution in [2.75, 3.05) is 26.7 Å². The van der Waals surface area contributed by atoms with Crippen molar-refractivity contribution >= 4 is 39.6 Å². The lowest BCUT2D eigenvalue weighted by atomic mass is 9.74. The summed E-state index contributed by atoms with van der Waals surface area (Å²) in [6.07, 6.45) is 8.39. The zero-order chi connectivity index (χ0) is 33.9. The van der Waals surface area contributed by atoms with E-state index >= 15 is 0 Å². The number of cyclic esters (lactones) is 1. The van der Waals surface area contributed by atoms with E-state index in [1.807, 2.05) is 62.4 Å². The van der Waals surface area contributed by atoms with E-state index in [1.54, 1.807) is 21.7 Å². The van der Waals surface area contributed by atoms with E-state index in [0.29, 0.717) is 43.3 Å². The number of ether oxygens (including phenoxy) is 2. The molecule has 4 aliphatic rings. The van der Waals surface area contributed by atoms with Gasteiger partial charge in [0.05, 0.1) is 12.0 Å². The van der Waals surface area contributed by atoms with Crippen LogP contribution >= 0.6 is 15.9 Å². The van der Waals surface area contributed by atoms with Crippen molar-refractivity contribution in [2.45, 2.75) is 102 Å².